The predicted molar refractivity (Wildman–Crippen MR) is 419 cm³/mol. The molecule has 0 spiro atoms. The van der Waals surface area contributed by atoms with E-state index in [4.69, 9.17) is 42.0 Å². The average molecular weight is 1590 g/mol. The van der Waals surface area contributed by atoms with E-state index < -0.39 is 26.7 Å². The number of carbonyl (C=O) groups excluding carboxylic acids is 1. The maximum absolute atomic E-state index is 16.0. The molecule has 3 aromatic heterocycles. The molecule has 15 nitrogen and oxygen atoms in total. The fourth-order valence-corrected chi connectivity index (χ4v) is 15.2. The number of ether oxygens (including phenoxy) is 4. The number of aromatic nitrogens is 3. The molecule has 0 atom stereocenters. The van der Waals surface area contributed by atoms with Crippen molar-refractivity contribution in [2.24, 2.45) is 0 Å². The van der Waals surface area contributed by atoms with Gasteiger partial charge in [-0.1, -0.05) is 60.2 Å². The second-order valence-electron chi connectivity index (χ2n) is 25.5. The molecule has 15 rings (SSSR count). The van der Waals surface area contributed by atoms with Crippen LogP contribution in [0.2, 0.25) is 5.02 Å². The summed E-state index contributed by atoms with van der Waals surface area (Å²) in [7, 11) is 5.93. The van der Waals surface area contributed by atoms with Crippen LogP contribution in [0.4, 0.5) is 47.3 Å². The number of amides is 1. The summed E-state index contributed by atoms with van der Waals surface area (Å²) >= 11 is 13.0. The number of benzene rings is 6. The topological polar surface area (TPSA) is 162 Å². The highest BCUT2D eigenvalue weighted by atomic mass is 79.9. The van der Waals surface area contributed by atoms with E-state index in [1.54, 1.807) is 165 Å². The van der Waals surface area contributed by atoms with Gasteiger partial charge in [-0.15, -0.1) is 0 Å². The fourth-order valence-electron chi connectivity index (χ4n) is 14.1. The van der Waals surface area contributed by atoms with Crippen molar-refractivity contribution in [3.8, 4) is 28.7 Å². The predicted octanol–water partition coefficient (Wildman–Crippen LogP) is 18.0. The molecule has 9 aromatic rings. The van der Waals surface area contributed by atoms with Gasteiger partial charge in [-0.25, -0.2) is 4.39 Å². The molecule has 6 aliphatic heterocycles. The average Bonchev–Trinajstić information content (AvgIpc) is 1.55. The number of phenols is 1. The number of aromatic hydroxyl groups is 1. The number of hydrogen-bond acceptors (Lipinski definition) is 8. The Morgan fingerprint density at radius 1 is 0.509 bits per heavy atom. The SMILES string of the molecule is COc1cc(/C=C/c2cc(C)c3n2[B-](F)(F)[N+]2=CC=CC2=C3c2ccc(N)cc2)c(Br)c(Br)c1O.COc1cc(Cl)cc(/C=C/c2cc(C)c3n2[B-](F)(F)[N+]2=CC=CC2=C3c2ccc(N)cc2)c1OC.COc1ccc(/C=C/c2cc(C)c3n2[B-](F)(F)[N+]2=CC=CC2=C3c2ccc(NC(C)=O)cc2)c(F)c1. The summed E-state index contributed by atoms with van der Waals surface area (Å²) in [6.45, 7) is -5.59. The molecule has 6 aliphatic rings. The first-order valence-electron chi connectivity index (χ1n) is 33.1. The Hall–Kier alpha value is -11.1. The summed E-state index contributed by atoms with van der Waals surface area (Å²) in [6.07, 6.45) is 23.9. The van der Waals surface area contributed by atoms with E-state index in [2.05, 4.69) is 37.2 Å². The highest BCUT2D eigenvalue weighted by molar-refractivity contribution is 9.13. The van der Waals surface area contributed by atoms with Gasteiger partial charge in [-0.3, -0.25) is 4.79 Å². The summed E-state index contributed by atoms with van der Waals surface area (Å²) in [4.78, 5) is 11.4. The lowest BCUT2D eigenvalue weighted by molar-refractivity contribution is -0.357. The van der Waals surface area contributed by atoms with Gasteiger partial charge in [-0.2, -0.15) is 0 Å². The molecule has 0 saturated carbocycles. The van der Waals surface area contributed by atoms with E-state index >= 15 is 25.9 Å². The first-order valence-corrected chi connectivity index (χ1v) is 35.1. The fraction of sp³-hybridized carbons (Fsp3) is 0.103. The minimum atomic E-state index is -4.20. The number of fused-ring (bicyclic) bond motifs is 6. The third-order valence-corrected chi connectivity index (χ3v) is 21.2. The van der Waals surface area contributed by atoms with Gasteiger partial charge in [0.25, 0.3) is 0 Å². The zero-order valence-corrected chi connectivity index (χ0v) is 62.1. The van der Waals surface area contributed by atoms with Crippen molar-refractivity contribution < 1.29 is 72.6 Å². The molecule has 0 unspecified atom stereocenters. The number of anilines is 3. The summed E-state index contributed by atoms with van der Waals surface area (Å²) in [5.74, 6) is 0.805. The van der Waals surface area contributed by atoms with Crippen molar-refractivity contribution in [2.75, 3.05) is 45.2 Å². The summed E-state index contributed by atoms with van der Waals surface area (Å²) in [5, 5.41) is 13.4. The molecule has 6 N–H and O–H groups in total. The summed E-state index contributed by atoms with van der Waals surface area (Å²) in [6, 6.07) is 36.1. The standard InChI is InChI=1S/C27H23BF3N3O2.C26H23BClF2N3O2.C25H20BBr2F2N3O2/c1-17-15-22(12-8-19-9-13-23(36-3)16-24(19)29)34-27(17)26(25-5-4-14-33(25)28(34,30)31)20-6-10-21(11-7-20)32-18(2)35;1-16-13-21(11-8-18-14-19(28)15-23(34-2)26(18)35-3)33-25(16)24(17-6-9-20(31)10-7-17)22-5-4-12-32(22)27(33,29)30;1-14-12-18(10-7-16-13-20(35-2)25(34)23(28)22(16)27)33-24(14)21(15-5-8-17(31)9-6-15)19-4-3-11-32(19)26(33,29)30/h4-16H,1-3H3,(H,32,35);4-15H,31H2,1-3H3;3-13,34H,31H2,1-2H3/b12-8+;11-8+;10-7+. The van der Waals surface area contributed by atoms with Crippen molar-refractivity contribution >= 4 is 159 Å². The summed E-state index contributed by atoms with van der Waals surface area (Å²) in [5.41, 5.74) is 25.3. The van der Waals surface area contributed by atoms with Crippen LogP contribution < -0.4 is 35.7 Å². The van der Waals surface area contributed by atoms with Gasteiger partial charge in [0.05, 0.1) is 49.6 Å². The maximum atomic E-state index is 16.0. The van der Waals surface area contributed by atoms with Crippen LogP contribution in [-0.2, 0) is 4.79 Å². The van der Waals surface area contributed by atoms with Gasteiger partial charge in [0.1, 0.15) is 30.2 Å². The van der Waals surface area contributed by atoms with E-state index in [1.165, 1.54) is 72.2 Å². The first kappa shape index (κ1) is 73.2. The zero-order chi connectivity index (χ0) is 75.6. The Morgan fingerprint density at radius 3 is 1.30 bits per heavy atom. The molecular weight excluding hydrogens is 1520 g/mol. The zero-order valence-electron chi connectivity index (χ0n) is 58.1. The van der Waals surface area contributed by atoms with Crippen LogP contribution in [0.5, 0.6) is 28.7 Å². The number of methoxy groups -OCH3 is 4. The molecular formula is C78H66B3Br2ClF7N9O6. The van der Waals surface area contributed by atoms with Gasteiger partial charge < -0.3 is 93.6 Å². The number of nitrogens with zero attached hydrogens (tertiary/aromatic N) is 6. The minimum absolute atomic E-state index is 0.0508. The third kappa shape index (κ3) is 13.1. The van der Waals surface area contributed by atoms with E-state index in [1.807, 2.05) is 38.1 Å². The second kappa shape index (κ2) is 28.7. The maximum Gasteiger partial charge on any atom is 0.737 e. The quantitative estimate of drug-likeness (QED) is 0.0475. The van der Waals surface area contributed by atoms with Crippen molar-refractivity contribution in [1.82, 2.24) is 13.4 Å². The lowest BCUT2D eigenvalue weighted by atomic mass is 9.85. The monoisotopic (exact) mass is 1580 g/mol. The number of aryl methyl sites for hydroxylation is 3. The van der Waals surface area contributed by atoms with Crippen molar-refractivity contribution in [2.45, 2.75) is 27.7 Å². The number of allylic oxidation sites excluding steroid dienone is 6. The molecule has 9 heterocycles. The molecule has 0 fully saturated rings. The van der Waals surface area contributed by atoms with Crippen LogP contribution in [0.3, 0.4) is 0 Å². The Balaban J connectivity index is 0.000000141. The smallest absolute Gasteiger partial charge is 0.503 e. The van der Waals surface area contributed by atoms with Gasteiger partial charge in [0.2, 0.25) is 5.91 Å². The molecule has 0 aliphatic carbocycles. The van der Waals surface area contributed by atoms with Crippen LogP contribution >= 0.6 is 43.5 Å². The number of hydrogen-bond donors (Lipinski definition) is 4. The molecule has 0 bridgehead atoms. The van der Waals surface area contributed by atoms with Gasteiger partial charge in [0, 0.05) is 127 Å². The van der Waals surface area contributed by atoms with Crippen LogP contribution in [0.15, 0.2) is 190 Å². The number of carbonyl (C=O) groups is 1. The van der Waals surface area contributed by atoms with Crippen molar-refractivity contribution in [3.63, 3.8) is 0 Å². The highest BCUT2D eigenvalue weighted by Crippen LogP contribution is 2.48. The van der Waals surface area contributed by atoms with E-state index in [-0.39, 0.29) is 28.7 Å². The lowest BCUT2D eigenvalue weighted by Crippen LogP contribution is -2.50. The molecule has 106 heavy (non-hydrogen) atoms. The number of rotatable bonds is 14. The Morgan fingerprint density at radius 2 is 0.915 bits per heavy atom. The Bertz CT molecular complexity index is 5570. The van der Waals surface area contributed by atoms with E-state index in [0.29, 0.717) is 116 Å². The molecule has 0 radical (unpaired) electrons. The first-order chi connectivity index (χ1) is 50.6. The van der Waals surface area contributed by atoms with E-state index in [0.717, 1.165) is 65.9 Å². The van der Waals surface area contributed by atoms with Crippen LogP contribution in [0.1, 0.15) is 91.2 Å². The second-order valence-corrected chi connectivity index (χ2v) is 27.5. The highest BCUT2D eigenvalue weighted by Gasteiger charge is 2.56. The van der Waals surface area contributed by atoms with Crippen LogP contribution in [0, 0.1) is 26.6 Å². The van der Waals surface area contributed by atoms with Gasteiger partial charge in [0.15, 0.2) is 40.1 Å². The van der Waals surface area contributed by atoms with Crippen LogP contribution in [0.25, 0.3) is 53.2 Å². The molecule has 6 aromatic carbocycles. The minimum Gasteiger partial charge on any atom is -0.503 e. The van der Waals surface area contributed by atoms with Gasteiger partial charge >= 0.3 is 20.9 Å². The van der Waals surface area contributed by atoms with Crippen molar-refractivity contribution in [3.05, 3.63) is 285 Å². The van der Waals surface area contributed by atoms with E-state index in [9.17, 15) is 14.3 Å². The largest absolute Gasteiger partial charge is 0.737 e. The molecule has 0 saturated heterocycles. The molecule has 1 amide bonds. The molecule has 28 heteroatoms. The lowest BCUT2D eigenvalue weighted by Gasteiger charge is -2.32. The normalized spacial score (nSPS) is 15.8. The third-order valence-electron chi connectivity index (χ3n) is 18.8. The summed E-state index contributed by atoms with van der Waals surface area (Å²) < 4.78 is 139. The number of nitrogen functional groups attached to an aromatic ring is 2. The Labute approximate surface area is 627 Å². The Kier molecular flexibility index (Phi) is 19.8. The number of halogens is 10. The van der Waals surface area contributed by atoms with Crippen LogP contribution in [-0.4, -0.2) is 106 Å². The van der Waals surface area contributed by atoms with Crippen molar-refractivity contribution in [1.29, 1.82) is 0 Å². The van der Waals surface area contributed by atoms with Gasteiger partial charge in [-0.05, 0) is 195 Å². The number of nitrogens with one attached hydrogen (secondary N) is 1. The molecule has 538 valence electrons. The number of phenolic OH excluding ortho intramolecular Hbond substituents is 1. The number of nitrogens with two attached hydrogens (primary N) is 2.